The van der Waals surface area contributed by atoms with Crippen LogP contribution in [0.3, 0.4) is 0 Å². The van der Waals surface area contributed by atoms with Gasteiger partial charge >= 0.3 is 0 Å². The lowest BCUT2D eigenvalue weighted by Crippen LogP contribution is -2.67. The Hall–Kier alpha value is -2.09. The van der Waals surface area contributed by atoms with Gasteiger partial charge in [0, 0.05) is 13.7 Å². The van der Waals surface area contributed by atoms with Gasteiger partial charge in [-0.1, -0.05) is 87.5 Å². The lowest BCUT2D eigenvalue weighted by Gasteiger charge is -2.44. The van der Waals surface area contributed by atoms with E-state index in [2.05, 4.69) is 75.9 Å². The monoisotopic (exact) mass is 484 g/mol. The Balaban J connectivity index is 2.39. The van der Waals surface area contributed by atoms with Crippen molar-refractivity contribution in [1.29, 1.82) is 0 Å². The van der Waals surface area contributed by atoms with Crippen LogP contribution in [0.15, 0.2) is 73.3 Å². The maximum atomic E-state index is 12.8. The zero-order valence-electron chi connectivity index (χ0n) is 21.3. The third kappa shape index (κ3) is 7.20. The van der Waals surface area contributed by atoms with Gasteiger partial charge in [-0.2, -0.15) is 0 Å². The molecule has 2 aromatic rings. The number of rotatable bonds is 15. The largest absolute Gasteiger partial charge is 0.407 e. The molecule has 0 aliphatic rings. The highest BCUT2D eigenvalue weighted by molar-refractivity contribution is 6.99. The molecule has 0 aromatic heterocycles. The van der Waals surface area contributed by atoms with E-state index in [9.17, 15) is 4.79 Å². The number of Topliss-reactive ketones (excluding diaryl/α,β-unsaturated/α-hetero) is 1. The summed E-state index contributed by atoms with van der Waals surface area (Å²) in [5, 5.41) is 2.19. The van der Waals surface area contributed by atoms with Crippen molar-refractivity contribution in [3.05, 3.63) is 73.3 Å². The molecule has 34 heavy (non-hydrogen) atoms. The highest BCUT2D eigenvalue weighted by Gasteiger charge is 2.50. The fraction of sp³-hybridized carbons (Fsp3) is 0.464. The molecule has 2 aromatic carbocycles. The Bertz CT molecular complexity index is 824. The Kier molecular flexibility index (Phi) is 11.3. The first-order valence-corrected chi connectivity index (χ1v) is 13.7. The number of carbonyl (C=O) groups excluding carboxylic acids is 1. The van der Waals surface area contributed by atoms with Crippen LogP contribution in [0, 0.1) is 5.92 Å². The molecule has 2 rings (SSSR count). The SMILES string of the molecule is C=CC[C@@H](OCOCCOC)[C@H](CO[Si](c1ccccc1)(c1ccccc1)C(C)(C)C)C(C)=O. The van der Waals surface area contributed by atoms with Crippen molar-refractivity contribution in [3.63, 3.8) is 0 Å². The Morgan fingerprint density at radius 2 is 1.56 bits per heavy atom. The van der Waals surface area contributed by atoms with E-state index >= 15 is 0 Å². The fourth-order valence-electron chi connectivity index (χ4n) is 4.31. The molecule has 5 nitrogen and oxygen atoms in total. The number of ether oxygens (including phenoxy) is 3. The van der Waals surface area contributed by atoms with Crippen LogP contribution in [0.25, 0.3) is 0 Å². The topological polar surface area (TPSA) is 54.0 Å². The minimum Gasteiger partial charge on any atom is -0.407 e. The molecule has 0 spiro atoms. The third-order valence-electron chi connectivity index (χ3n) is 6.06. The van der Waals surface area contributed by atoms with Crippen molar-refractivity contribution < 1.29 is 23.4 Å². The second-order valence-corrected chi connectivity index (χ2v) is 13.7. The van der Waals surface area contributed by atoms with E-state index in [1.54, 1.807) is 20.1 Å². The Morgan fingerprint density at radius 1 is 1.00 bits per heavy atom. The molecule has 0 amide bonds. The number of ketones is 1. The maximum absolute atomic E-state index is 12.8. The van der Waals surface area contributed by atoms with Crippen molar-refractivity contribution in [3.8, 4) is 0 Å². The first kappa shape index (κ1) is 28.1. The minimum absolute atomic E-state index is 0.0293. The number of carbonyl (C=O) groups is 1. The average Bonchev–Trinajstić information content (AvgIpc) is 2.81. The molecule has 0 aliphatic carbocycles. The highest BCUT2D eigenvalue weighted by Crippen LogP contribution is 2.37. The standard InChI is InChI=1S/C28H40O5Si/c1-7-14-27(32-22-31-20-19-30-6)26(23(2)29)21-33-34(28(3,4)5,24-15-10-8-11-16-24)25-17-12-9-13-18-25/h7-13,15-18,26-27H,1,14,19-22H2,2-6H3/t26-,27-/m1/s1. The second-order valence-electron chi connectivity index (χ2n) is 9.44. The Labute approximate surface area is 206 Å². The molecular formula is C28H40O5Si. The van der Waals surface area contributed by atoms with Crippen molar-refractivity contribution in [2.45, 2.75) is 45.3 Å². The van der Waals surface area contributed by atoms with Gasteiger partial charge in [-0.05, 0) is 28.8 Å². The quantitative estimate of drug-likeness (QED) is 0.163. The zero-order chi connectivity index (χ0) is 25.0. The predicted octanol–water partition coefficient (Wildman–Crippen LogP) is 4.35. The van der Waals surface area contributed by atoms with Crippen molar-refractivity contribution >= 4 is 24.5 Å². The summed E-state index contributed by atoms with van der Waals surface area (Å²) in [6.45, 7) is 13.4. The van der Waals surface area contributed by atoms with Gasteiger partial charge in [0.25, 0.3) is 8.32 Å². The molecule has 0 saturated heterocycles. The van der Waals surface area contributed by atoms with Gasteiger partial charge in [0.1, 0.15) is 12.6 Å². The van der Waals surface area contributed by atoms with E-state index in [1.807, 2.05) is 12.1 Å². The van der Waals surface area contributed by atoms with Gasteiger partial charge in [0.15, 0.2) is 0 Å². The predicted molar refractivity (Wildman–Crippen MR) is 140 cm³/mol. The molecule has 0 bridgehead atoms. The summed E-state index contributed by atoms with van der Waals surface area (Å²) in [4.78, 5) is 12.8. The van der Waals surface area contributed by atoms with Gasteiger partial charge in [-0.3, -0.25) is 4.79 Å². The van der Waals surface area contributed by atoms with Crippen molar-refractivity contribution in [2.75, 3.05) is 33.7 Å². The number of benzene rings is 2. The normalized spacial score (nSPS) is 13.9. The molecular weight excluding hydrogens is 444 g/mol. The first-order valence-electron chi connectivity index (χ1n) is 11.8. The van der Waals surface area contributed by atoms with Gasteiger partial charge in [-0.25, -0.2) is 0 Å². The van der Waals surface area contributed by atoms with Gasteiger partial charge < -0.3 is 18.6 Å². The van der Waals surface area contributed by atoms with E-state index in [0.29, 0.717) is 19.6 Å². The summed E-state index contributed by atoms with van der Waals surface area (Å²) in [7, 11) is -1.13. The van der Waals surface area contributed by atoms with Gasteiger partial charge in [-0.15, -0.1) is 6.58 Å². The second kappa shape index (κ2) is 13.7. The van der Waals surface area contributed by atoms with Crippen molar-refractivity contribution in [1.82, 2.24) is 0 Å². The van der Waals surface area contributed by atoms with Gasteiger partial charge in [0.2, 0.25) is 0 Å². The molecule has 0 heterocycles. The summed E-state index contributed by atoms with van der Waals surface area (Å²) < 4.78 is 23.5. The van der Waals surface area contributed by atoms with E-state index in [-0.39, 0.29) is 30.3 Å². The lowest BCUT2D eigenvalue weighted by molar-refractivity contribution is -0.139. The Morgan fingerprint density at radius 3 is 2.00 bits per heavy atom. The van der Waals surface area contributed by atoms with E-state index < -0.39 is 14.2 Å². The molecule has 0 fully saturated rings. The molecule has 0 radical (unpaired) electrons. The van der Waals surface area contributed by atoms with Gasteiger partial charge in [0.05, 0.1) is 25.2 Å². The summed E-state index contributed by atoms with van der Waals surface area (Å²) in [6, 6.07) is 20.8. The first-order chi connectivity index (χ1) is 16.3. The van der Waals surface area contributed by atoms with E-state index in [1.165, 1.54) is 10.4 Å². The molecule has 0 unspecified atom stereocenters. The third-order valence-corrected chi connectivity index (χ3v) is 11.1. The average molecular weight is 485 g/mol. The maximum Gasteiger partial charge on any atom is 0.261 e. The van der Waals surface area contributed by atoms with Crippen LogP contribution in [0.4, 0.5) is 0 Å². The lowest BCUT2D eigenvalue weighted by atomic mass is 9.97. The molecule has 0 aliphatic heterocycles. The summed E-state index contributed by atoms with van der Waals surface area (Å²) in [5.41, 5.74) is 0. The molecule has 2 atom stereocenters. The molecule has 0 saturated carbocycles. The summed E-state index contributed by atoms with van der Waals surface area (Å²) >= 11 is 0. The highest BCUT2D eigenvalue weighted by atomic mass is 28.4. The van der Waals surface area contributed by atoms with Crippen LogP contribution in [0.1, 0.15) is 34.1 Å². The number of hydrogen-bond donors (Lipinski definition) is 0. The number of hydrogen-bond acceptors (Lipinski definition) is 5. The molecule has 0 N–H and O–H groups in total. The smallest absolute Gasteiger partial charge is 0.261 e. The van der Waals surface area contributed by atoms with E-state index in [0.717, 1.165) is 0 Å². The molecule has 6 heteroatoms. The van der Waals surface area contributed by atoms with Crippen LogP contribution in [0.5, 0.6) is 0 Å². The fourth-order valence-corrected chi connectivity index (χ4v) is 8.90. The van der Waals surface area contributed by atoms with Crippen LogP contribution in [0.2, 0.25) is 5.04 Å². The van der Waals surface area contributed by atoms with Crippen LogP contribution in [-0.4, -0.2) is 53.9 Å². The summed E-state index contributed by atoms with van der Waals surface area (Å²) in [6.07, 6.45) is 1.93. The molecule has 186 valence electrons. The van der Waals surface area contributed by atoms with Crippen LogP contribution >= 0.6 is 0 Å². The minimum atomic E-state index is -2.76. The van der Waals surface area contributed by atoms with Crippen molar-refractivity contribution in [2.24, 2.45) is 5.92 Å². The van der Waals surface area contributed by atoms with E-state index in [4.69, 9.17) is 18.6 Å². The number of methoxy groups -OCH3 is 1. The van der Waals surface area contributed by atoms with Crippen LogP contribution < -0.4 is 10.4 Å². The van der Waals surface area contributed by atoms with Crippen LogP contribution in [-0.2, 0) is 23.4 Å². The summed E-state index contributed by atoms with van der Waals surface area (Å²) in [5.74, 6) is -0.410. The zero-order valence-corrected chi connectivity index (χ0v) is 22.3.